The van der Waals surface area contributed by atoms with E-state index in [1.54, 1.807) is 7.11 Å². The van der Waals surface area contributed by atoms with Crippen LogP contribution < -0.4 is 4.74 Å². The molecule has 2 aromatic carbocycles. The molecule has 0 aliphatic heterocycles. The van der Waals surface area contributed by atoms with Crippen LogP contribution in [-0.4, -0.2) is 7.11 Å². The lowest BCUT2D eigenvalue weighted by atomic mass is 10.0. The highest BCUT2D eigenvalue weighted by atomic mass is 127. The molecule has 1 nitrogen and oxygen atoms in total. The summed E-state index contributed by atoms with van der Waals surface area (Å²) in [4.78, 5) is 0.138. The number of benzene rings is 2. The van der Waals surface area contributed by atoms with Crippen molar-refractivity contribution in [2.45, 2.75) is 4.83 Å². The van der Waals surface area contributed by atoms with E-state index >= 15 is 0 Å². The fourth-order valence-corrected chi connectivity index (χ4v) is 4.25. The molecule has 0 spiro atoms. The maximum Gasteiger partial charge on any atom is 0.133 e. The molecule has 0 heterocycles. The van der Waals surface area contributed by atoms with Crippen LogP contribution in [0.25, 0.3) is 0 Å². The van der Waals surface area contributed by atoms with Gasteiger partial charge in [0.15, 0.2) is 0 Å². The first-order valence-electron chi connectivity index (χ1n) is 5.45. The van der Waals surface area contributed by atoms with Gasteiger partial charge in [-0.1, -0.05) is 37.9 Å². The molecule has 2 aromatic rings. The van der Waals surface area contributed by atoms with Crippen molar-refractivity contribution in [3.8, 4) is 5.75 Å². The summed E-state index contributed by atoms with van der Waals surface area (Å²) >= 11 is 13.2. The van der Waals surface area contributed by atoms with Gasteiger partial charge in [-0.15, -0.1) is 0 Å². The summed E-state index contributed by atoms with van der Waals surface area (Å²) < 4.78 is 8.53. The van der Waals surface area contributed by atoms with Crippen molar-refractivity contribution >= 4 is 70.4 Å². The summed E-state index contributed by atoms with van der Waals surface area (Å²) in [7, 11) is 1.67. The maximum absolute atomic E-state index is 5.26. The van der Waals surface area contributed by atoms with E-state index in [1.807, 2.05) is 6.07 Å². The quantitative estimate of drug-likeness (QED) is 0.316. The first kappa shape index (κ1) is 15.8. The van der Waals surface area contributed by atoms with Gasteiger partial charge in [0.25, 0.3) is 0 Å². The minimum absolute atomic E-state index is 0.138. The Morgan fingerprint density at radius 2 is 1.79 bits per heavy atom. The van der Waals surface area contributed by atoms with Crippen molar-refractivity contribution in [2.75, 3.05) is 7.11 Å². The third-order valence-corrected chi connectivity index (χ3v) is 5.73. The average molecular weight is 561 g/mol. The van der Waals surface area contributed by atoms with Gasteiger partial charge in [0, 0.05) is 8.04 Å². The van der Waals surface area contributed by atoms with Gasteiger partial charge in [-0.3, -0.25) is 0 Å². The molecule has 100 valence electrons. The van der Waals surface area contributed by atoms with E-state index in [2.05, 4.69) is 101 Å². The smallest absolute Gasteiger partial charge is 0.133 e. The lowest BCUT2D eigenvalue weighted by Gasteiger charge is -2.14. The highest BCUT2D eigenvalue weighted by Crippen LogP contribution is 2.38. The second kappa shape index (κ2) is 6.91. The zero-order chi connectivity index (χ0) is 14.0. The largest absolute Gasteiger partial charge is 0.496 e. The van der Waals surface area contributed by atoms with Crippen LogP contribution in [0.4, 0.5) is 0 Å². The second-order valence-electron chi connectivity index (χ2n) is 3.92. The second-order valence-corrected chi connectivity index (χ2v) is 7.79. The molecule has 0 aliphatic rings. The number of methoxy groups -OCH3 is 1. The van der Waals surface area contributed by atoms with Crippen molar-refractivity contribution < 1.29 is 4.74 Å². The van der Waals surface area contributed by atoms with E-state index in [0.717, 1.165) is 14.7 Å². The fraction of sp³-hybridized carbons (Fsp3) is 0.143. The fourth-order valence-electron chi connectivity index (χ4n) is 1.73. The summed E-state index contributed by atoms with van der Waals surface area (Å²) in [6, 6.07) is 12.4. The maximum atomic E-state index is 5.26. The van der Waals surface area contributed by atoms with Crippen LogP contribution in [0, 0.1) is 3.57 Å². The summed E-state index contributed by atoms with van der Waals surface area (Å²) in [5.41, 5.74) is 2.39. The van der Waals surface area contributed by atoms with Crippen LogP contribution in [-0.2, 0) is 0 Å². The van der Waals surface area contributed by atoms with E-state index in [4.69, 9.17) is 4.74 Å². The van der Waals surface area contributed by atoms with Crippen LogP contribution in [0.1, 0.15) is 16.0 Å². The van der Waals surface area contributed by atoms with Crippen LogP contribution in [0.2, 0.25) is 0 Å². The SMILES string of the molecule is COc1ccc(C(Br)c2cc(I)ccc2Br)cc1Br. The monoisotopic (exact) mass is 558 g/mol. The zero-order valence-corrected chi connectivity index (χ0v) is 16.9. The van der Waals surface area contributed by atoms with Crippen LogP contribution in [0.15, 0.2) is 45.3 Å². The molecule has 0 radical (unpaired) electrons. The first-order chi connectivity index (χ1) is 9.02. The van der Waals surface area contributed by atoms with Crippen LogP contribution in [0.3, 0.4) is 0 Å². The number of rotatable bonds is 3. The molecule has 0 N–H and O–H groups in total. The number of halogens is 4. The molecule has 0 fully saturated rings. The van der Waals surface area contributed by atoms with E-state index in [1.165, 1.54) is 14.7 Å². The average Bonchev–Trinajstić information content (AvgIpc) is 2.40. The number of alkyl halides is 1. The van der Waals surface area contributed by atoms with Gasteiger partial charge in [0.1, 0.15) is 5.75 Å². The molecule has 0 amide bonds. The molecule has 1 unspecified atom stereocenters. The highest BCUT2D eigenvalue weighted by molar-refractivity contribution is 14.1. The third-order valence-electron chi connectivity index (χ3n) is 2.70. The van der Waals surface area contributed by atoms with Crippen molar-refractivity contribution in [2.24, 2.45) is 0 Å². The van der Waals surface area contributed by atoms with Crippen molar-refractivity contribution in [3.05, 3.63) is 60.0 Å². The Morgan fingerprint density at radius 1 is 1.05 bits per heavy atom. The number of hydrogen-bond donors (Lipinski definition) is 0. The molecule has 5 heteroatoms. The Bertz CT molecular complexity index is 601. The van der Waals surface area contributed by atoms with E-state index < -0.39 is 0 Å². The lowest BCUT2D eigenvalue weighted by Crippen LogP contribution is -1.96. The summed E-state index contributed by atoms with van der Waals surface area (Å²) in [6.45, 7) is 0. The Hall–Kier alpha value is 0.410. The minimum Gasteiger partial charge on any atom is -0.496 e. The number of ether oxygens (including phenoxy) is 1. The Labute approximate surface area is 151 Å². The topological polar surface area (TPSA) is 9.23 Å². The Morgan fingerprint density at radius 3 is 2.42 bits per heavy atom. The van der Waals surface area contributed by atoms with Gasteiger partial charge >= 0.3 is 0 Å². The molecule has 1 atom stereocenters. The number of hydrogen-bond acceptors (Lipinski definition) is 1. The van der Waals surface area contributed by atoms with E-state index in [9.17, 15) is 0 Å². The van der Waals surface area contributed by atoms with Crippen LogP contribution >= 0.6 is 70.4 Å². The molecule has 0 saturated heterocycles. The predicted octanol–water partition coefficient (Wildman–Crippen LogP) is 6.31. The molecular weight excluding hydrogens is 551 g/mol. The predicted molar refractivity (Wildman–Crippen MR) is 98.3 cm³/mol. The van der Waals surface area contributed by atoms with Crippen molar-refractivity contribution in [1.29, 1.82) is 0 Å². The van der Waals surface area contributed by atoms with Crippen molar-refractivity contribution in [3.63, 3.8) is 0 Å². The third kappa shape index (κ3) is 3.74. The Balaban J connectivity index is 2.41. The van der Waals surface area contributed by atoms with Gasteiger partial charge in [0.05, 0.1) is 16.4 Å². The van der Waals surface area contributed by atoms with Gasteiger partial charge in [-0.25, -0.2) is 0 Å². The molecule has 0 bridgehead atoms. The van der Waals surface area contributed by atoms with E-state index in [0.29, 0.717) is 0 Å². The van der Waals surface area contributed by atoms with Gasteiger partial charge in [0.2, 0.25) is 0 Å². The van der Waals surface area contributed by atoms with Crippen LogP contribution in [0.5, 0.6) is 5.75 Å². The summed E-state index contributed by atoms with van der Waals surface area (Å²) in [5.74, 6) is 0.838. The minimum atomic E-state index is 0.138. The molecule has 19 heavy (non-hydrogen) atoms. The van der Waals surface area contributed by atoms with Gasteiger partial charge < -0.3 is 4.74 Å². The standard InChI is InChI=1S/C14H10Br3IO/c1-19-13-5-2-8(6-12(13)16)14(17)10-7-9(18)3-4-11(10)15/h2-7,14H,1H3. The van der Waals surface area contributed by atoms with Crippen molar-refractivity contribution in [1.82, 2.24) is 0 Å². The zero-order valence-electron chi connectivity index (χ0n) is 9.96. The Kier molecular flexibility index (Phi) is 5.75. The summed E-state index contributed by atoms with van der Waals surface area (Å²) in [5, 5.41) is 0. The molecule has 0 aliphatic carbocycles. The van der Waals surface area contributed by atoms with E-state index in [-0.39, 0.29) is 4.83 Å². The normalized spacial score (nSPS) is 12.3. The van der Waals surface area contributed by atoms with Gasteiger partial charge in [-0.2, -0.15) is 0 Å². The molecule has 2 rings (SSSR count). The molecule has 0 saturated carbocycles. The highest BCUT2D eigenvalue weighted by Gasteiger charge is 2.15. The molecular formula is C14H10Br3IO. The van der Waals surface area contributed by atoms with Gasteiger partial charge in [-0.05, 0) is 80.0 Å². The first-order valence-corrected chi connectivity index (χ1v) is 9.03. The molecule has 0 aromatic heterocycles. The lowest BCUT2D eigenvalue weighted by molar-refractivity contribution is 0.412. The summed E-state index contributed by atoms with van der Waals surface area (Å²) in [6.07, 6.45) is 0.